The number of nitrogens with zero attached hydrogens (tertiary/aromatic N) is 1. The van der Waals surface area contributed by atoms with E-state index in [-0.39, 0.29) is 17.7 Å². The molecule has 2 amide bonds. The Kier molecular flexibility index (Phi) is 6.05. The Labute approximate surface area is 179 Å². The molecule has 0 spiro atoms. The summed E-state index contributed by atoms with van der Waals surface area (Å²) in [6.45, 7) is 0.996. The summed E-state index contributed by atoms with van der Waals surface area (Å²) < 4.78 is 11.0. The van der Waals surface area contributed by atoms with E-state index in [4.69, 9.17) is 20.8 Å². The molecular formula is C23H21ClN2O4. The van der Waals surface area contributed by atoms with Gasteiger partial charge >= 0.3 is 0 Å². The first-order valence-electron chi connectivity index (χ1n) is 9.76. The average molecular weight is 425 g/mol. The van der Waals surface area contributed by atoms with Gasteiger partial charge in [-0.05, 0) is 61.4 Å². The maximum atomic E-state index is 12.7. The van der Waals surface area contributed by atoms with Gasteiger partial charge in [0.2, 0.25) is 5.91 Å². The number of anilines is 1. The van der Waals surface area contributed by atoms with Crippen LogP contribution in [0.25, 0.3) is 0 Å². The Morgan fingerprint density at radius 3 is 2.60 bits per heavy atom. The average Bonchev–Trinajstić information content (AvgIpc) is 3.31. The van der Waals surface area contributed by atoms with Crippen LogP contribution in [0.3, 0.4) is 0 Å². The van der Waals surface area contributed by atoms with E-state index in [1.807, 2.05) is 12.1 Å². The van der Waals surface area contributed by atoms with Crippen LogP contribution < -0.4 is 10.1 Å². The van der Waals surface area contributed by atoms with E-state index in [1.54, 1.807) is 53.4 Å². The Balaban J connectivity index is 1.35. The fourth-order valence-electron chi connectivity index (χ4n) is 3.44. The van der Waals surface area contributed by atoms with Crippen molar-refractivity contribution in [3.63, 3.8) is 0 Å². The van der Waals surface area contributed by atoms with E-state index in [0.717, 1.165) is 12.8 Å². The molecule has 0 radical (unpaired) electrons. The molecule has 1 aromatic heterocycles. The Hall–Kier alpha value is -3.25. The van der Waals surface area contributed by atoms with E-state index < -0.39 is 0 Å². The lowest BCUT2D eigenvalue weighted by Gasteiger charge is -2.31. The molecule has 0 aliphatic carbocycles. The minimum atomic E-state index is -0.267. The van der Waals surface area contributed by atoms with E-state index in [2.05, 4.69) is 5.32 Å². The van der Waals surface area contributed by atoms with Crippen LogP contribution in [0, 0.1) is 5.92 Å². The molecule has 1 N–H and O–H groups in total. The minimum absolute atomic E-state index is 0.105. The summed E-state index contributed by atoms with van der Waals surface area (Å²) in [4.78, 5) is 26.9. The molecule has 2 aromatic carbocycles. The molecule has 1 aliphatic rings. The second-order valence-corrected chi connectivity index (χ2v) is 7.52. The molecule has 3 aromatic rings. The van der Waals surface area contributed by atoms with Crippen molar-refractivity contribution < 1.29 is 18.7 Å². The fourth-order valence-corrected chi connectivity index (χ4v) is 3.61. The summed E-state index contributed by atoms with van der Waals surface area (Å²) in [5.74, 6) is 0.931. The van der Waals surface area contributed by atoms with Gasteiger partial charge in [0, 0.05) is 18.8 Å². The second-order valence-electron chi connectivity index (χ2n) is 7.11. The van der Waals surface area contributed by atoms with Crippen molar-refractivity contribution in [2.45, 2.75) is 12.8 Å². The number of carbonyl (C=O) groups excluding carboxylic acids is 2. The first kappa shape index (κ1) is 20.0. The molecular weight excluding hydrogens is 404 g/mol. The molecule has 30 heavy (non-hydrogen) atoms. The molecule has 1 aliphatic heterocycles. The van der Waals surface area contributed by atoms with Gasteiger partial charge in [-0.3, -0.25) is 9.59 Å². The highest BCUT2D eigenvalue weighted by Crippen LogP contribution is 2.29. The van der Waals surface area contributed by atoms with Gasteiger partial charge in [0.15, 0.2) is 5.76 Å². The van der Waals surface area contributed by atoms with Crippen LogP contribution in [0.1, 0.15) is 23.4 Å². The topological polar surface area (TPSA) is 71.8 Å². The maximum Gasteiger partial charge on any atom is 0.289 e. The predicted octanol–water partition coefficient (Wildman–Crippen LogP) is 5.22. The lowest BCUT2D eigenvalue weighted by atomic mass is 9.96. The van der Waals surface area contributed by atoms with E-state index >= 15 is 0 Å². The van der Waals surface area contributed by atoms with Gasteiger partial charge in [0.1, 0.15) is 11.5 Å². The molecule has 1 saturated heterocycles. The largest absolute Gasteiger partial charge is 0.459 e. The van der Waals surface area contributed by atoms with Crippen molar-refractivity contribution in [1.29, 1.82) is 0 Å². The van der Waals surface area contributed by atoms with Crippen molar-refractivity contribution in [2.75, 3.05) is 18.4 Å². The number of carbonyl (C=O) groups is 2. The number of halogens is 1. The van der Waals surface area contributed by atoms with Crippen LogP contribution in [-0.4, -0.2) is 29.8 Å². The molecule has 1 atom stereocenters. The van der Waals surface area contributed by atoms with Gasteiger partial charge in [0.25, 0.3) is 5.91 Å². The number of furan rings is 1. The molecule has 1 fully saturated rings. The second kappa shape index (κ2) is 9.05. The van der Waals surface area contributed by atoms with E-state index in [0.29, 0.717) is 41.1 Å². The predicted molar refractivity (Wildman–Crippen MR) is 114 cm³/mol. The molecule has 154 valence electrons. The van der Waals surface area contributed by atoms with Crippen molar-refractivity contribution >= 4 is 29.1 Å². The molecule has 6 nitrogen and oxygen atoms in total. The van der Waals surface area contributed by atoms with Crippen molar-refractivity contribution in [1.82, 2.24) is 4.90 Å². The van der Waals surface area contributed by atoms with Gasteiger partial charge in [-0.1, -0.05) is 23.7 Å². The number of piperidine rings is 1. The SMILES string of the molecule is O=C(Nc1ccc(Oc2ccccc2Cl)cc1)[C@@H]1CCCN(C(=O)c2ccco2)C1. The van der Waals surface area contributed by atoms with Gasteiger partial charge in [0.05, 0.1) is 17.2 Å². The van der Waals surface area contributed by atoms with Gasteiger partial charge < -0.3 is 19.4 Å². The number of benzene rings is 2. The van der Waals surface area contributed by atoms with Crippen molar-refractivity contribution in [2.24, 2.45) is 5.92 Å². The number of ether oxygens (including phenoxy) is 1. The van der Waals surface area contributed by atoms with E-state index in [1.165, 1.54) is 6.26 Å². The standard InChI is InChI=1S/C23H21ClN2O4/c24-19-6-1-2-7-20(19)30-18-11-9-17(10-12-18)25-22(27)16-5-3-13-26(15-16)23(28)21-8-4-14-29-21/h1-2,4,6-12,14,16H,3,5,13,15H2,(H,25,27)/t16-/m1/s1. The summed E-state index contributed by atoms with van der Waals surface area (Å²) >= 11 is 6.11. The summed E-state index contributed by atoms with van der Waals surface area (Å²) in [6, 6.07) is 17.6. The first-order chi connectivity index (χ1) is 14.6. The van der Waals surface area contributed by atoms with E-state index in [9.17, 15) is 9.59 Å². The quantitative estimate of drug-likeness (QED) is 0.609. The molecule has 0 bridgehead atoms. The summed E-state index contributed by atoms with van der Waals surface area (Å²) in [5.41, 5.74) is 0.668. The summed E-state index contributed by atoms with van der Waals surface area (Å²) in [5, 5.41) is 3.45. The van der Waals surface area contributed by atoms with Crippen LogP contribution >= 0.6 is 11.6 Å². The van der Waals surface area contributed by atoms with Crippen molar-refractivity contribution in [3.8, 4) is 11.5 Å². The summed E-state index contributed by atoms with van der Waals surface area (Å²) in [7, 11) is 0. The molecule has 0 unspecified atom stereocenters. The normalized spacial score (nSPS) is 16.2. The first-order valence-corrected chi connectivity index (χ1v) is 10.1. The monoisotopic (exact) mass is 424 g/mol. The third-order valence-corrected chi connectivity index (χ3v) is 5.31. The highest BCUT2D eigenvalue weighted by atomic mass is 35.5. The number of likely N-dealkylation sites (tertiary alicyclic amines) is 1. The van der Waals surface area contributed by atoms with Crippen LogP contribution in [-0.2, 0) is 4.79 Å². The highest BCUT2D eigenvalue weighted by molar-refractivity contribution is 6.32. The summed E-state index contributed by atoms with van der Waals surface area (Å²) in [6.07, 6.45) is 2.98. The molecule has 0 saturated carbocycles. The fraction of sp³-hybridized carbons (Fsp3) is 0.217. The third kappa shape index (κ3) is 4.66. The number of hydrogen-bond acceptors (Lipinski definition) is 4. The number of amides is 2. The van der Waals surface area contributed by atoms with Gasteiger partial charge in [-0.15, -0.1) is 0 Å². The Morgan fingerprint density at radius 2 is 1.87 bits per heavy atom. The molecule has 7 heteroatoms. The zero-order valence-corrected chi connectivity index (χ0v) is 17.0. The number of nitrogens with one attached hydrogen (secondary N) is 1. The lowest BCUT2D eigenvalue weighted by Crippen LogP contribution is -2.43. The third-order valence-electron chi connectivity index (χ3n) is 5.00. The maximum absolute atomic E-state index is 12.7. The zero-order chi connectivity index (χ0) is 20.9. The lowest BCUT2D eigenvalue weighted by molar-refractivity contribution is -0.121. The Morgan fingerprint density at radius 1 is 1.07 bits per heavy atom. The van der Waals surface area contributed by atoms with Gasteiger partial charge in [-0.2, -0.15) is 0 Å². The smallest absolute Gasteiger partial charge is 0.289 e. The number of para-hydroxylation sites is 1. The molecule has 4 rings (SSSR count). The number of rotatable bonds is 5. The molecule has 2 heterocycles. The van der Waals surface area contributed by atoms with Crippen molar-refractivity contribution in [3.05, 3.63) is 77.7 Å². The van der Waals surface area contributed by atoms with Gasteiger partial charge in [-0.25, -0.2) is 0 Å². The van der Waals surface area contributed by atoms with Crippen LogP contribution in [0.4, 0.5) is 5.69 Å². The van der Waals surface area contributed by atoms with Crippen LogP contribution in [0.15, 0.2) is 71.3 Å². The van der Waals surface area contributed by atoms with Crippen LogP contribution in [0.2, 0.25) is 5.02 Å². The van der Waals surface area contributed by atoms with Crippen LogP contribution in [0.5, 0.6) is 11.5 Å². The highest BCUT2D eigenvalue weighted by Gasteiger charge is 2.29. The number of hydrogen-bond donors (Lipinski definition) is 1. The zero-order valence-electron chi connectivity index (χ0n) is 16.2. The Bertz CT molecular complexity index is 1020. The minimum Gasteiger partial charge on any atom is -0.459 e.